The fourth-order valence-electron chi connectivity index (χ4n) is 7.10. The summed E-state index contributed by atoms with van der Waals surface area (Å²) in [6.07, 6.45) is 5.98. The zero-order valence-corrected chi connectivity index (χ0v) is 23.7. The van der Waals surface area contributed by atoms with Gasteiger partial charge < -0.3 is 19.3 Å². The average Bonchev–Trinajstić information content (AvgIpc) is 3.58. The summed E-state index contributed by atoms with van der Waals surface area (Å²) in [6.45, 7) is 9.59. The number of ether oxygens (including phenoxy) is 1. The van der Waals surface area contributed by atoms with Gasteiger partial charge in [-0.15, -0.1) is 0 Å². The molecule has 0 radical (unpaired) electrons. The van der Waals surface area contributed by atoms with E-state index in [-0.39, 0.29) is 11.5 Å². The third-order valence-corrected chi connectivity index (χ3v) is 9.17. The predicted molar refractivity (Wildman–Crippen MR) is 157 cm³/mol. The highest BCUT2D eigenvalue weighted by Gasteiger charge is 2.34. The largest absolute Gasteiger partial charge is 0.494 e. The lowest BCUT2D eigenvalue weighted by molar-refractivity contribution is 0.0697. The molecular weight excluding hydrogens is 505 g/mol. The molecule has 1 N–H and O–H groups in total. The Morgan fingerprint density at radius 3 is 2.55 bits per heavy atom. The first-order valence-corrected chi connectivity index (χ1v) is 15.3. The van der Waals surface area contributed by atoms with Gasteiger partial charge in [-0.3, -0.25) is 4.90 Å². The highest BCUT2D eigenvalue weighted by molar-refractivity contribution is 5.98. The van der Waals surface area contributed by atoms with Crippen molar-refractivity contribution in [1.29, 1.82) is 0 Å². The number of carbonyl (C=O) groups is 1. The Labute approximate surface area is 236 Å². The number of fused-ring (bicyclic) bond motifs is 5. The zero-order chi connectivity index (χ0) is 27.6. The van der Waals surface area contributed by atoms with Crippen LogP contribution in [0.5, 0.6) is 5.75 Å². The number of aromatic carboxylic acids is 1. The second-order valence-corrected chi connectivity index (χ2v) is 11.9. The van der Waals surface area contributed by atoms with Crippen molar-refractivity contribution in [3.05, 3.63) is 53.1 Å². The van der Waals surface area contributed by atoms with E-state index in [1.54, 1.807) is 12.1 Å². The van der Waals surface area contributed by atoms with Crippen molar-refractivity contribution >= 4 is 16.9 Å². The topological polar surface area (TPSA) is 57.9 Å². The molecule has 7 heteroatoms. The monoisotopic (exact) mass is 547 g/mol. The van der Waals surface area contributed by atoms with Gasteiger partial charge in [0, 0.05) is 55.1 Å². The van der Waals surface area contributed by atoms with Crippen LogP contribution in [0.25, 0.3) is 22.2 Å². The average molecular weight is 548 g/mol. The molecule has 6 nitrogen and oxygen atoms in total. The summed E-state index contributed by atoms with van der Waals surface area (Å²) >= 11 is 0. The number of aromatic nitrogens is 1. The second-order valence-electron chi connectivity index (χ2n) is 11.9. The molecule has 6 rings (SSSR count). The molecule has 1 saturated carbocycles. The normalized spacial score (nSPS) is 22.1. The third kappa shape index (κ3) is 5.38. The highest BCUT2D eigenvalue weighted by Crippen LogP contribution is 2.47. The van der Waals surface area contributed by atoms with Gasteiger partial charge in [0.25, 0.3) is 0 Å². The first-order chi connectivity index (χ1) is 19.5. The lowest BCUT2D eigenvalue weighted by atomic mass is 9.80. The molecule has 1 saturated heterocycles. The summed E-state index contributed by atoms with van der Waals surface area (Å²) in [5, 5.41) is 10.8. The van der Waals surface area contributed by atoms with Crippen molar-refractivity contribution in [2.24, 2.45) is 0 Å². The van der Waals surface area contributed by atoms with Crippen molar-refractivity contribution < 1.29 is 19.0 Å². The molecule has 1 aromatic heterocycles. The van der Waals surface area contributed by atoms with Gasteiger partial charge in [-0.1, -0.05) is 25.8 Å². The number of carboxylic acids is 1. The maximum absolute atomic E-state index is 15.7. The van der Waals surface area contributed by atoms with Crippen LogP contribution in [0.2, 0.25) is 0 Å². The first kappa shape index (κ1) is 27.3. The van der Waals surface area contributed by atoms with Crippen LogP contribution >= 0.6 is 0 Å². The van der Waals surface area contributed by atoms with Crippen LogP contribution in [-0.4, -0.2) is 70.9 Å². The van der Waals surface area contributed by atoms with Gasteiger partial charge in [0.15, 0.2) is 0 Å². The Morgan fingerprint density at radius 2 is 1.77 bits per heavy atom. The summed E-state index contributed by atoms with van der Waals surface area (Å²) < 4.78 is 24.0. The van der Waals surface area contributed by atoms with E-state index in [0.717, 1.165) is 91.9 Å². The molecule has 0 amide bonds. The minimum atomic E-state index is -0.934. The van der Waals surface area contributed by atoms with Crippen LogP contribution in [0, 0.1) is 0 Å². The summed E-state index contributed by atoms with van der Waals surface area (Å²) in [5.41, 5.74) is 5.63. The molecule has 0 bridgehead atoms. The number of rotatable bonds is 8. The molecule has 1 aliphatic carbocycles. The summed E-state index contributed by atoms with van der Waals surface area (Å²) in [7, 11) is 0. The van der Waals surface area contributed by atoms with E-state index < -0.39 is 12.1 Å². The van der Waals surface area contributed by atoms with E-state index in [2.05, 4.69) is 33.4 Å². The van der Waals surface area contributed by atoms with Crippen molar-refractivity contribution in [2.45, 2.75) is 77.0 Å². The lowest BCUT2D eigenvalue weighted by Crippen LogP contribution is -2.36. The van der Waals surface area contributed by atoms with E-state index >= 15 is 4.39 Å². The highest BCUT2D eigenvalue weighted by atomic mass is 19.1. The van der Waals surface area contributed by atoms with E-state index in [4.69, 9.17) is 4.74 Å². The number of halogens is 1. The number of carboxylic acid groups (broad SMARTS) is 1. The third-order valence-electron chi connectivity index (χ3n) is 9.17. The van der Waals surface area contributed by atoms with Crippen LogP contribution in [0.1, 0.15) is 79.3 Å². The number of nitrogens with zero attached hydrogens (tertiary/aromatic N) is 3. The van der Waals surface area contributed by atoms with Gasteiger partial charge >= 0.3 is 5.97 Å². The first-order valence-electron chi connectivity index (χ1n) is 15.3. The summed E-state index contributed by atoms with van der Waals surface area (Å²) in [5.74, 6) is -0.243. The minimum absolute atomic E-state index is 0.183. The van der Waals surface area contributed by atoms with Gasteiger partial charge in [0.2, 0.25) is 0 Å². The van der Waals surface area contributed by atoms with E-state index in [1.165, 1.54) is 31.5 Å². The molecule has 2 aliphatic heterocycles. The molecule has 3 aromatic rings. The van der Waals surface area contributed by atoms with Crippen LogP contribution in [-0.2, 0) is 13.1 Å². The Hall–Kier alpha value is -2.90. The van der Waals surface area contributed by atoms with Gasteiger partial charge in [-0.05, 0) is 86.7 Å². The maximum atomic E-state index is 15.7. The van der Waals surface area contributed by atoms with Crippen LogP contribution in [0.15, 0.2) is 36.4 Å². The molecule has 2 atom stereocenters. The number of hydrogen-bond donors (Lipinski definition) is 1. The summed E-state index contributed by atoms with van der Waals surface area (Å²) in [6, 6.07) is 11.8. The molecule has 40 heavy (non-hydrogen) atoms. The zero-order valence-electron chi connectivity index (χ0n) is 23.7. The fraction of sp³-hybridized carbons (Fsp3) is 0.545. The molecule has 3 aliphatic rings. The van der Waals surface area contributed by atoms with E-state index in [9.17, 15) is 9.90 Å². The molecule has 2 fully saturated rings. The number of likely N-dealkylation sites (tertiary alicyclic amines) is 1. The van der Waals surface area contributed by atoms with Crippen LogP contribution in [0.3, 0.4) is 0 Å². The smallest absolute Gasteiger partial charge is 0.335 e. The minimum Gasteiger partial charge on any atom is -0.494 e. The van der Waals surface area contributed by atoms with Crippen molar-refractivity contribution in [3.63, 3.8) is 0 Å². The molecule has 2 aromatic carbocycles. The molecule has 0 spiro atoms. The van der Waals surface area contributed by atoms with Gasteiger partial charge in [-0.25, -0.2) is 9.18 Å². The number of alkyl halides is 1. The van der Waals surface area contributed by atoms with Crippen LogP contribution in [0.4, 0.5) is 4.39 Å². The SMILES string of the molecule is CCCOc1ccc2c(c1)CN(CCN1CCCC1)CCn1c-2c([C@H]2CCCC[C@@H]2F)c2ccc(C(=O)O)cc21. The van der Waals surface area contributed by atoms with Crippen molar-refractivity contribution in [2.75, 3.05) is 39.3 Å². The van der Waals surface area contributed by atoms with E-state index in [1.807, 2.05) is 12.1 Å². The molecule has 0 unspecified atom stereocenters. The maximum Gasteiger partial charge on any atom is 0.335 e. The Morgan fingerprint density at radius 1 is 0.975 bits per heavy atom. The van der Waals surface area contributed by atoms with Gasteiger partial charge in [0.05, 0.1) is 17.9 Å². The predicted octanol–water partition coefficient (Wildman–Crippen LogP) is 6.70. The van der Waals surface area contributed by atoms with Crippen molar-refractivity contribution in [1.82, 2.24) is 14.4 Å². The number of hydrogen-bond acceptors (Lipinski definition) is 4. The quantitative estimate of drug-likeness (QED) is 0.340. The summed E-state index contributed by atoms with van der Waals surface area (Å²) in [4.78, 5) is 17.1. The van der Waals surface area contributed by atoms with Crippen LogP contribution < -0.4 is 4.74 Å². The Bertz CT molecular complexity index is 1360. The van der Waals surface area contributed by atoms with Gasteiger partial charge in [-0.2, -0.15) is 0 Å². The Balaban J connectivity index is 1.50. The van der Waals surface area contributed by atoms with Gasteiger partial charge in [0.1, 0.15) is 11.9 Å². The number of benzene rings is 2. The molecule has 3 heterocycles. The fourth-order valence-corrected chi connectivity index (χ4v) is 7.10. The molecule has 214 valence electrons. The second kappa shape index (κ2) is 11.9. The standard InChI is InChI=1S/C33H42FN3O3/c1-2-19-40-25-10-12-26-24(20-25)22-36(16-15-35-13-5-6-14-35)17-18-37-30-21-23(33(38)39)9-11-28(30)31(32(26)37)27-7-3-4-8-29(27)34/h9-12,20-21,27,29H,2-8,13-19,22H2,1H3,(H,38,39)/t27-,29-/m0/s1. The molecular formula is C33H42FN3O3. The Kier molecular flexibility index (Phi) is 8.12. The van der Waals surface area contributed by atoms with E-state index in [0.29, 0.717) is 13.0 Å². The lowest BCUT2D eigenvalue weighted by Gasteiger charge is -2.31. The van der Waals surface area contributed by atoms with Crippen molar-refractivity contribution in [3.8, 4) is 17.0 Å².